The van der Waals surface area contributed by atoms with Crippen LogP contribution in [0.1, 0.15) is 16.7 Å². The Labute approximate surface area is 155 Å². The topological polar surface area (TPSA) is 49.1 Å². The highest BCUT2D eigenvalue weighted by atomic mass is 35.5. The van der Waals surface area contributed by atoms with Crippen molar-refractivity contribution in [2.75, 3.05) is 7.11 Å². The molecule has 130 valence electrons. The second-order valence-electron chi connectivity index (χ2n) is 5.69. The molecule has 0 bridgehead atoms. The third-order valence-corrected chi connectivity index (χ3v) is 4.80. The van der Waals surface area contributed by atoms with E-state index in [1.807, 2.05) is 36.4 Å². The Kier molecular flexibility index (Phi) is 5.16. The van der Waals surface area contributed by atoms with Crippen LogP contribution in [0.2, 0.25) is 10.0 Å². The van der Waals surface area contributed by atoms with Crippen LogP contribution in [0.5, 0.6) is 6.01 Å². The fraction of sp³-hybridized carbons (Fsp3) is 0.222. The predicted molar refractivity (Wildman–Crippen MR) is 98.8 cm³/mol. The molecule has 0 radical (unpaired) electrons. The minimum absolute atomic E-state index is 0.216. The molecule has 25 heavy (non-hydrogen) atoms. The first-order valence-corrected chi connectivity index (χ1v) is 8.43. The molecule has 7 heteroatoms. The van der Waals surface area contributed by atoms with E-state index in [9.17, 15) is 4.79 Å². The van der Waals surface area contributed by atoms with Gasteiger partial charge in [-0.3, -0.25) is 0 Å². The quantitative estimate of drug-likeness (QED) is 0.683. The van der Waals surface area contributed by atoms with Gasteiger partial charge in [-0.15, -0.1) is 5.10 Å². The molecule has 0 saturated carbocycles. The standard InChI is InChI=1S/C18H17Cl2N3O2/c1-22-18(24)23(17(21-22)25-2)11-13-8-6-12(7-9-13)10-14-4-3-5-15(19)16(14)20/h3-9H,10-11H2,1-2H3. The lowest BCUT2D eigenvalue weighted by atomic mass is 10.0. The molecular formula is C18H17Cl2N3O2. The van der Waals surface area contributed by atoms with Crippen molar-refractivity contribution >= 4 is 23.2 Å². The SMILES string of the molecule is COc1nn(C)c(=O)n1Cc1ccc(Cc2cccc(Cl)c2Cl)cc1. The normalized spacial score (nSPS) is 10.9. The number of aryl methyl sites for hydroxylation is 1. The van der Waals surface area contributed by atoms with E-state index in [-0.39, 0.29) is 5.69 Å². The Hall–Kier alpha value is -2.24. The predicted octanol–water partition coefficient (Wildman–Crippen LogP) is 3.54. The average molecular weight is 378 g/mol. The maximum atomic E-state index is 12.1. The van der Waals surface area contributed by atoms with E-state index in [4.69, 9.17) is 27.9 Å². The lowest BCUT2D eigenvalue weighted by Gasteiger charge is -2.08. The van der Waals surface area contributed by atoms with Crippen LogP contribution in [0.4, 0.5) is 0 Å². The van der Waals surface area contributed by atoms with Crippen LogP contribution < -0.4 is 10.4 Å². The van der Waals surface area contributed by atoms with E-state index >= 15 is 0 Å². The van der Waals surface area contributed by atoms with Gasteiger partial charge < -0.3 is 4.74 Å². The van der Waals surface area contributed by atoms with Crippen LogP contribution in [0.3, 0.4) is 0 Å². The second-order valence-corrected chi connectivity index (χ2v) is 6.47. The molecule has 0 N–H and O–H groups in total. The van der Waals surface area contributed by atoms with Crippen molar-refractivity contribution in [1.82, 2.24) is 14.3 Å². The van der Waals surface area contributed by atoms with E-state index in [1.54, 1.807) is 13.1 Å². The van der Waals surface area contributed by atoms with Gasteiger partial charge in [0.1, 0.15) is 0 Å². The van der Waals surface area contributed by atoms with Crippen molar-refractivity contribution in [2.45, 2.75) is 13.0 Å². The first-order chi connectivity index (χ1) is 12.0. The molecule has 0 atom stereocenters. The molecule has 0 saturated heterocycles. The highest BCUT2D eigenvalue weighted by molar-refractivity contribution is 6.42. The summed E-state index contributed by atoms with van der Waals surface area (Å²) in [4.78, 5) is 12.1. The molecule has 0 aliphatic carbocycles. The summed E-state index contributed by atoms with van der Waals surface area (Å²) < 4.78 is 7.90. The summed E-state index contributed by atoms with van der Waals surface area (Å²) in [7, 11) is 3.09. The number of aromatic nitrogens is 3. The van der Waals surface area contributed by atoms with Crippen molar-refractivity contribution in [2.24, 2.45) is 7.05 Å². The zero-order valence-corrected chi connectivity index (χ0v) is 15.4. The zero-order valence-electron chi connectivity index (χ0n) is 13.9. The van der Waals surface area contributed by atoms with E-state index in [2.05, 4.69) is 5.10 Å². The third-order valence-electron chi connectivity index (χ3n) is 3.95. The summed E-state index contributed by atoms with van der Waals surface area (Å²) in [6, 6.07) is 13.9. The van der Waals surface area contributed by atoms with Gasteiger partial charge in [0.15, 0.2) is 0 Å². The van der Waals surface area contributed by atoms with Gasteiger partial charge in [-0.05, 0) is 29.2 Å². The first kappa shape index (κ1) is 17.6. The van der Waals surface area contributed by atoms with Crippen LogP contribution in [0, 0.1) is 0 Å². The number of halogens is 2. The molecule has 0 fully saturated rings. The molecule has 0 aliphatic rings. The fourth-order valence-corrected chi connectivity index (χ4v) is 3.00. The summed E-state index contributed by atoms with van der Waals surface area (Å²) in [5.41, 5.74) is 2.85. The summed E-state index contributed by atoms with van der Waals surface area (Å²) >= 11 is 12.3. The van der Waals surface area contributed by atoms with Gasteiger partial charge in [0.2, 0.25) is 0 Å². The summed E-state index contributed by atoms with van der Waals surface area (Å²) in [6.45, 7) is 0.397. The van der Waals surface area contributed by atoms with E-state index in [0.29, 0.717) is 29.0 Å². The van der Waals surface area contributed by atoms with Gasteiger partial charge in [-0.2, -0.15) is 0 Å². The Morgan fingerprint density at radius 1 is 1.08 bits per heavy atom. The van der Waals surface area contributed by atoms with Crippen LogP contribution >= 0.6 is 23.2 Å². The van der Waals surface area contributed by atoms with Gasteiger partial charge in [-0.25, -0.2) is 14.0 Å². The van der Waals surface area contributed by atoms with Crippen molar-refractivity contribution in [3.8, 4) is 6.01 Å². The minimum Gasteiger partial charge on any atom is -0.467 e. The van der Waals surface area contributed by atoms with E-state index < -0.39 is 0 Å². The maximum absolute atomic E-state index is 12.1. The number of nitrogens with zero attached hydrogens (tertiary/aromatic N) is 3. The number of methoxy groups -OCH3 is 1. The zero-order chi connectivity index (χ0) is 18.0. The maximum Gasteiger partial charge on any atom is 0.348 e. The molecule has 3 aromatic rings. The molecule has 1 aromatic heterocycles. The lowest BCUT2D eigenvalue weighted by Crippen LogP contribution is -2.23. The number of hydrogen-bond acceptors (Lipinski definition) is 3. The van der Waals surface area contributed by atoms with E-state index in [1.165, 1.54) is 16.4 Å². The molecule has 0 spiro atoms. The molecule has 1 heterocycles. The van der Waals surface area contributed by atoms with Crippen LogP contribution in [0.25, 0.3) is 0 Å². The Morgan fingerprint density at radius 3 is 2.44 bits per heavy atom. The Balaban J connectivity index is 1.79. The third kappa shape index (κ3) is 3.72. The van der Waals surface area contributed by atoms with Gasteiger partial charge in [-0.1, -0.05) is 59.6 Å². The van der Waals surface area contributed by atoms with Gasteiger partial charge >= 0.3 is 11.7 Å². The Morgan fingerprint density at radius 2 is 1.76 bits per heavy atom. The largest absolute Gasteiger partial charge is 0.467 e. The monoisotopic (exact) mass is 377 g/mol. The summed E-state index contributed by atoms with van der Waals surface area (Å²) in [5, 5.41) is 5.17. The van der Waals surface area contributed by atoms with Crippen molar-refractivity contribution in [3.63, 3.8) is 0 Å². The first-order valence-electron chi connectivity index (χ1n) is 7.68. The van der Waals surface area contributed by atoms with Crippen LogP contribution in [0.15, 0.2) is 47.3 Å². The summed E-state index contributed by atoms with van der Waals surface area (Å²) in [6.07, 6.45) is 0.690. The molecule has 3 rings (SSSR count). The van der Waals surface area contributed by atoms with Crippen molar-refractivity contribution in [3.05, 3.63) is 79.7 Å². The van der Waals surface area contributed by atoms with Crippen molar-refractivity contribution < 1.29 is 4.74 Å². The smallest absolute Gasteiger partial charge is 0.348 e. The van der Waals surface area contributed by atoms with Crippen molar-refractivity contribution in [1.29, 1.82) is 0 Å². The number of ether oxygens (including phenoxy) is 1. The minimum atomic E-state index is -0.216. The second kappa shape index (κ2) is 7.33. The molecule has 0 aliphatic heterocycles. The van der Waals surface area contributed by atoms with Gasteiger partial charge in [0.05, 0.1) is 23.7 Å². The number of benzene rings is 2. The van der Waals surface area contributed by atoms with Gasteiger partial charge in [0, 0.05) is 7.05 Å². The molecule has 0 unspecified atom stereocenters. The van der Waals surface area contributed by atoms with Gasteiger partial charge in [0.25, 0.3) is 0 Å². The fourth-order valence-electron chi connectivity index (χ4n) is 2.62. The van der Waals surface area contributed by atoms with Crippen LogP contribution in [-0.4, -0.2) is 21.5 Å². The molecular weight excluding hydrogens is 361 g/mol. The lowest BCUT2D eigenvalue weighted by molar-refractivity contribution is 0.357. The Bertz CT molecular complexity index is 946. The highest BCUT2D eigenvalue weighted by Crippen LogP contribution is 2.27. The van der Waals surface area contributed by atoms with Crippen LogP contribution in [-0.2, 0) is 20.0 Å². The summed E-state index contributed by atoms with van der Waals surface area (Å²) in [5.74, 6) is 0. The highest BCUT2D eigenvalue weighted by Gasteiger charge is 2.12. The van der Waals surface area contributed by atoms with E-state index in [0.717, 1.165) is 16.7 Å². The number of rotatable bonds is 5. The average Bonchev–Trinajstić information content (AvgIpc) is 2.88. The number of hydrogen-bond donors (Lipinski definition) is 0. The molecule has 0 amide bonds. The molecule has 5 nitrogen and oxygen atoms in total. The molecule has 2 aromatic carbocycles.